The highest BCUT2D eigenvalue weighted by atomic mass is 35.5. The van der Waals surface area contributed by atoms with Crippen molar-refractivity contribution in [2.45, 2.75) is 38.0 Å². The number of likely N-dealkylation sites (tertiary alicyclic amines) is 1. The van der Waals surface area contributed by atoms with Crippen molar-refractivity contribution >= 4 is 33.5 Å². The van der Waals surface area contributed by atoms with Crippen molar-refractivity contribution in [1.29, 1.82) is 0 Å². The zero-order valence-corrected chi connectivity index (χ0v) is 19.0. The van der Waals surface area contributed by atoms with Gasteiger partial charge in [0.25, 0.3) is 5.91 Å². The molecule has 0 N–H and O–H groups in total. The topological polar surface area (TPSA) is 84.0 Å². The molecule has 2 fully saturated rings. The van der Waals surface area contributed by atoms with Gasteiger partial charge < -0.3 is 9.64 Å². The maximum atomic E-state index is 12.9. The van der Waals surface area contributed by atoms with Crippen LogP contribution in [-0.2, 0) is 24.3 Å². The zero-order valence-electron chi connectivity index (χ0n) is 17.4. The van der Waals surface area contributed by atoms with Gasteiger partial charge in [-0.2, -0.15) is 4.31 Å². The normalized spacial score (nSPS) is 25.7. The number of esters is 1. The first-order valence-electron chi connectivity index (χ1n) is 10.4. The van der Waals surface area contributed by atoms with Crippen molar-refractivity contribution in [3.63, 3.8) is 0 Å². The second kappa shape index (κ2) is 9.66. The van der Waals surface area contributed by atoms with Crippen molar-refractivity contribution in [3.8, 4) is 0 Å². The lowest BCUT2D eigenvalue weighted by molar-refractivity contribution is -0.157. The first-order valence-corrected chi connectivity index (χ1v) is 12.2. The molecule has 1 aromatic rings. The SMILES string of the molecule is CC1CC(C)CN(C(=O)COC(=O)C2CCCN(S(=O)(=O)c3ccc(Cl)cc3)C2)C1. The minimum atomic E-state index is -3.71. The average Bonchev–Trinajstić information content (AvgIpc) is 2.71. The summed E-state index contributed by atoms with van der Waals surface area (Å²) in [5, 5.41) is 0.455. The number of hydrogen-bond donors (Lipinski definition) is 0. The van der Waals surface area contributed by atoms with Crippen LogP contribution in [0.2, 0.25) is 5.02 Å². The third kappa shape index (κ3) is 5.53. The number of benzene rings is 1. The van der Waals surface area contributed by atoms with Gasteiger partial charge in [-0.25, -0.2) is 8.42 Å². The fraction of sp³-hybridized carbons (Fsp3) is 0.619. The molecule has 9 heteroatoms. The Morgan fingerprint density at radius 3 is 2.37 bits per heavy atom. The molecule has 3 rings (SSSR count). The lowest BCUT2D eigenvalue weighted by Crippen LogP contribution is -2.45. The van der Waals surface area contributed by atoms with Gasteiger partial charge in [-0.15, -0.1) is 0 Å². The molecular weight excluding hydrogens is 428 g/mol. The van der Waals surface area contributed by atoms with Gasteiger partial charge >= 0.3 is 5.97 Å². The van der Waals surface area contributed by atoms with Crippen LogP contribution in [0.25, 0.3) is 0 Å². The minimum Gasteiger partial charge on any atom is -0.455 e. The summed E-state index contributed by atoms with van der Waals surface area (Å²) >= 11 is 5.84. The molecule has 1 aromatic carbocycles. The number of amides is 1. The molecule has 0 bridgehead atoms. The summed E-state index contributed by atoms with van der Waals surface area (Å²) in [6, 6.07) is 5.97. The summed E-state index contributed by atoms with van der Waals surface area (Å²) in [6.45, 7) is 5.68. The highest BCUT2D eigenvalue weighted by Crippen LogP contribution is 2.26. The van der Waals surface area contributed by atoms with Crippen LogP contribution in [0.15, 0.2) is 29.2 Å². The van der Waals surface area contributed by atoms with E-state index in [1.165, 1.54) is 28.6 Å². The standard InChI is InChI=1S/C21H29ClN2O5S/c1-15-10-16(2)12-23(11-15)20(25)14-29-21(26)17-4-3-9-24(13-17)30(27,28)19-7-5-18(22)6-8-19/h5-8,15-17H,3-4,9-14H2,1-2H3. The van der Waals surface area contributed by atoms with Crippen molar-refractivity contribution in [2.75, 3.05) is 32.8 Å². The molecule has 2 heterocycles. The van der Waals surface area contributed by atoms with Crippen LogP contribution in [-0.4, -0.2) is 62.3 Å². The quantitative estimate of drug-likeness (QED) is 0.636. The van der Waals surface area contributed by atoms with Gasteiger partial charge in [0.15, 0.2) is 6.61 Å². The summed E-state index contributed by atoms with van der Waals surface area (Å²) in [4.78, 5) is 26.9. The number of ether oxygens (including phenoxy) is 1. The Morgan fingerprint density at radius 1 is 1.10 bits per heavy atom. The van der Waals surface area contributed by atoms with E-state index in [4.69, 9.17) is 16.3 Å². The van der Waals surface area contributed by atoms with E-state index in [1.54, 1.807) is 4.90 Å². The van der Waals surface area contributed by atoms with Crippen LogP contribution in [0, 0.1) is 17.8 Å². The number of carbonyl (C=O) groups excluding carboxylic acids is 2. The maximum absolute atomic E-state index is 12.9. The van der Waals surface area contributed by atoms with Gasteiger partial charge in [0.1, 0.15) is 0 Å². The van der Waals surface area contributed by atoms with E-state index in [9.17, 15) is 18.0 Å². The van der Waals surface area contributed by atoms with E-state index < -0.39 is 21.9 Å². The fourth-order valence-corrected chi connectivity index (χ4v) is 5.97. The molecule has 2 aliphatic heterocycles. The van der Waals surface area contributed by atoms with E-state index in [0.29, 0.717) is 49.3 Å². The Balaban J connectivity index is 1.56. The van der Waals surface area contributed by atoms with Crippen molar-refractivity contribution < 1.29 is 22.7 Å². The van der Waals surface area contributed by atoms with Crippen molar-refractivity contribution in [3.05, 3.63) is 29.3 Å². The second-order valence-electron chi connectivity index (χ2n) is 8.51. The summed E-state index contributed by atoms with van der Waals surface area (Å²) in [6.07, 6.45) is 2.18. The Bertz CT molecular complexity index is 864. The van der Waals surface area contributed by atoms with Crippen LogP contribution in [0.1, 0.15) is 33.1 Å². The number of carbonyl (C=O) groups is 2. The number of nitrogens with zero attached hydrogens (tertiary/aromatic N) is 2. The molecule has 0 saturated carbocycles. The molecule has 3 atom stereocenters. The zero-order chi connectivity index (χ0) is 21.9. The van der Waals surface area contributed by atoms with Crippen molar-refractivity contribution in [2.24, 2.45) is 17.8 Å². The van der Waals surface area contributed by atoms with E-state index in [0.717, 1.165) is 6.42 Å². The molecule has 3 unspecified atom stereocenters. The number of sulfonamides is 1. The van der Waals surface area contributed by atoms with Crippen LogP contribution in [0.3, 0.4) is 0 Å². The lowest BCUT2D eigenvalue weighted by atomic mass is 9.92. The van der Waals surface area contributed by atoms with Gasteiger partial charge in [0.05, 0.1) is 10.8 Å². The predicted octanol–water partition coefficient (Wildman–Crippen LogP) is 2.79. The molecule has 0 aliphatic carbocycles. The Morgan fingerprint density at radius 2 is 1.73 bits per heavy atom. The molecule has 30 heavy (non-hydrogen) atoms. The Kier molecular flexibility index (Phi) is 7.42. The first kappa shape index (κ1) is 23.0. The third-order valence-corrected chi connectivity index (χ3v) is 7.86. The van der Waals surface area contributed by atoms with E-state index in [1.807, 2.05) is 0 Å². The number of rotatable bonds is 5. The highest BCUT2D eigenvalue weighted by Gasteiger charge is 2.34. The molecule has 2 saturated heterocycles. The molecule has 166 valence electrons. The van der Waals surface area contributed by atoms with Crippen LogP contribution >= 0.6 is 11.6 Å². The first-order chi connectivity index (χ1) is 14.2. The average molecular weight is 457 g/mol. The fourth-order valence-electron chi connectivity index (χ4n) is 4.32. The second-order valence-corrected chi connectivity index (χ2v) is 10.9. The maximum Gasteiger partial charge on any atom is 0.310 e. The summed E-state index contributed by atoms with van der Waals surface area (Å²) in [7, 11) is -3.71. The third-order valence-electron chi connectivity index (χ3n) is 5.73. The van der Waals surface area contributed by atoms with Gasteiger partial charge in [0.2, 0.25) is 10.0 Å². The molecule has 0 spiro atoms. The predicted molar refractivity (Wildman–Crippen MR) is 113 cm³/mol. The largest absolute Gasteiger partial charge is 0.455 e. The summed E-state index contributed by atoms with van der Waals surface area (Å²) < 4.78 is 32.3. The molecular formula is C21H29ClN2O5S. The number of piperidine rings is 2. The monoisotopic (exact) mass is 456 g/mol. The van der Waals surface area contributed by atoms with Gasteiger partial charge in [-0.05, 0) is 55.4 Å². The number of halogens is 1. The smallest absolute Gasteiger partial charge is 0.310 e. The summed E-state index contributed by atoms with van der Waals surface area (Å²) in [5.41, 5.74) is 0. The van der Waals surface area contributed by atoms with Crippen molar-refractivity contribution in [1.82, 2.24) is 9.21 Å². The van der Waals surface area contributed by atoms with E-state index in [2.05, 4.69) is 13.8 Å². The van der Waals surface area contributed by atoms with Gasteiger partial charge in [-0.3, -0.25) is 9.59 Å². The molecule has 1 amide bonds. The Hall–Kier alpha value is -1.64. The lowest BCUT2D eigenvalue weighted by Gasteiger charge is -2.35. The Labute approximate surface area is 183 Å². The minimum absolute atomic E-state index is 0.0514. The van der Waals surface area contributed by atoms with Crippen LogP contribution < -0.4 is 0 Å². The molecule has 0 aromatic heterocycles. The molecule has 7 nitrogen and oxygen atoms in total. The van der Waals surface area contributed by atoms with Gasteiger partial charge in [0, 0.05) is 31.2 Å². The molecule has 2 aliphatic rings. The molecule has 0 radical (unpaired) electrons. The highest BCUT2D eigenvalue weighted by molar-refractivity contribution is 7.89. The van der Waals surface area contributed by atoms with Crippen LogP contribution in [0.4, 0.5) is 0 Å². The van der Waals surface area contributed by atoms with Crippen LogP contribution in [0.5, 0.6) is 0 Å². The van der Waals surface area contributed by atoms with E-state index in [-0.39, 0.29) is 24.0 Å². The number of hydrogen-bond acceptors (Lipinski definition) is 5. The summed E-state index contributed by atoms with van der Waals surface area (Å²) in [5.74, 6) is -0.426. The van der Waals surface area contributed by atoms with Gasteiger partial charge in [-0.1, -0.05) is 25.4 Å². The van der Waals surface area contributed by atoms with E-state index >= 15 is 0 Å².